The molecule has 3 fully saturated rings. The molecular weight excluding hydrogens is 408 g/mol. The summed E-state index contributed by atoms with van der Waals surface area (Å²) in [5.41, 5.74) is 3.29. The Morgan fingerprint density at radius 3 is 2.52 bits per heavy atom. The number of nitrogens with one attached hydrogen (secondary N) is 1. The summed E-state index contributed by atoms with van der Waals surface area (Å²) in [7, 11) is 0. The first-order valence-electron chi connectivity index (χ1n) is 13.1. The van der Waals surface area contributed by atoms with Gasteiger partial charge in [-0.1, -0.05) is 48.9 Å². The van der Waals surface area contributed by atoms with Crippen LogP contribution in [-0.4, -0.2) is 55.1 Å². The Labute approximate surface area is 201 Å². The Morgan fingerprint density at radius 2 is 1.91 bits per heavy atom. The SMILES string of the molecule is CC/C(=C\c1ccccc1)[C@@H]1C[C@H]1NC1CC2(CCN(CC(C=O)COC(C)(C)C)CC2)C1. The van der Waals surface area contributed by atoms with Crippen LogP contribution in [0, 0.1) is 17.3 Å². The number of nitrogens with zero attached hydrogens (tertiary/aromatic N) is 1. The van der Waals surface area contributed by atoms with Crippen molar-refractivity contribution in [2.75, 3.05) is 26.2 Å². The molecule has 33 heavy (non-hydrogen) atoms. The van der Waals surface area contributed by atoms with Crippen LogP contribution in [-0.2, 0) is 9.53 Å². The second-order valence-corrected chi connectivity index (χ2v) is 11.8. The quantitative estimate of drug-likeness (QED) is 0.487. The van der Waals surface area contributed by atoms with Gasteiger partial charge in [-0.3, -0.25) is 0 Å². The van der Waals surface area contributed by atoms with Crippen LogP contribution in [0.25, 0.3) is 6.08 Å². The number of hydrogen-bond donors (Lipinski definition) is 1. The van der Waals surface area contributed by atoms with Crippen molar-refractivity contribution in [2.45, 2.75) is 83.9 Å². The van der Waals surface area contributed by atoms with Gasteiger partial charge in [0.15, 0.2) is 0 Å². The minimum atomic E-state index is -0.184. The number of likely N-dealkylation sites (tertiary alicyclic amines) is 1. The minimum Gasteiger partial charge on any atom is -0.375 e. The maximum absolute atomic E-state index is 11.5. The van der Waals surface area contributed by atoms with E-state index in [0.29, 0.717) is 24.1 Å². The first kappa shape index (κ1) is 24.6. The predicted octanol–water partition coefficient (Wildman–Crippen LogP) is 5.33. The molecule has 182 valence electrons. The van der Waals surface area contributed by atoms with Crippen LogP contribution in [0.15, 0.2) is 35.9 Å². The van der Waals surface area contributed by atoms with Crippen LogP contribution >= 0.6 is 0 Å². The molecule has 0 amide bonds. The summed E-state index contributed by atoms with van der Waals surface area (Å²) in [6, 6.07) is 12.1. The Hall–Kier alpha value is -1.49. The van der Waals surface area contributed by atoms with E-state index in [9.17, 15) is 4.79 Å². The second-order valence-electron chi connectivity index (χ2n) is 11.8. The van der Waals surface area contributed by atoms with E-state index in [1.54, 1.807) is 5.57 Å². The zero-order chi connectivity index (χ0) is 23.5. The van der Waals surface area contributed by atoms with Gasteiger partial charge in [0, 0.05) is 18.6 Å². The number of rotatable bonds is 10. The fourth-order valence-corrected chi connectivity index (χ4v) is 5.87. The number of carbonyl (C=O) groups is 1. The summed E-state index contributed by atoms with van der Waals surface area (Å²) < 4.78 is 5.85. The van der Waals surface area contributed by atoms with Gasteiger partial charge in [0.1, 0.15) is 6.29 Å². The zero-order valence-corrected chi connectivity index (χ0v) is 21.2. The lowest BCUT2D eigenvalue weighted by Crippen LogP contribution is -2.54. The van der Waals surface area contributed by atoms with Gasteiger partial charge in [0.05, 0.1) is 18.1 Å². The first-order valence-corrected chi connectivity index (χ1v) is 13.1. The number of hydrogen-bond acceptors (Lipinski definition) is 4. The summed E-state index contributed by atoms with van der Waals surface area (Å²) >= 11 is 0. The Bertz CT molecular complexity index is 797. The van der Waals surface area contributed by atoms with E-state index < -0.39 is 0 Å². The fraction of sp³-hybridized carbons (Fsp3) is 0.690. The number of aldehydes is 1. The molecule has 1 N–H and O–H groups in total. The molecule has 4 nitrogen and oxygen atoms in total. The summed E-state index contributed by atoms with van der Waals surface area (Å²) in [5, 5.41) is 3.98. The van der Waals surface area contributed by atoms with Crippen molar-refractivity contribution in [1.29, 1.82) is 0 Å². The topological polar surface area (TPSA) is 41.6 Å². The molecule has 1 aromatic rings. The average Bonchev–Trinajstić information content (AvgIpc) is 3.54. The van der Waals surface area contributed by atoms with Crippen LogP contribution in [0.4, 0.5) is 0 Å². The summed E-state index contributed by atoms with van der Waals surface area (Å²) in [6.07, 6.45) is 11.2. The summed E-state index contributed by atoms with van der Waals surface area (Å²) in [5.74, 6) is 0.710. The molecule has 0 bridgehead atoms. The van der Waals surface area contributed by atoms with Crippen molar-refractivity contribution in [3.8, 4) is 0 Å². The van der Waals surface area contributed by atoms with E-state index in [-0.39, 0.29) is 11.5 Å². The molecule has 0 radical (unpaired) electrons. The highest BCUT2D eigenvalue weighted by molar-refractivity contribution is 5.54. The van der Waals surface area contributed by atoms with Gasteiger partial charge in [-0.15, -0.1) is 0 Å². The molecule has 0 aromatic heterocycles. The molecule has 1 unspecified atom stereocenters. The summed E-state index contributed by atoms with van der Waals surface area (Å²) in [6.45, 7) is 12.1. The number of carbonyl (C=O) groups excluding carboxylic acids is 1. The van der Waals surface area contributed by atoms with Crippen molar-refractivity contribution >= 4 is 12.4 Å². The molecule has 1 spiro atoms. The molecule has 1 aromatic carbocycles. The average molecular weight is 453 g/mol. The Balaban J connectivity index is 1.17. The van der Waals surface area contributed by atoms with Crippen molar-refractivity contribution in [2.24, 2.45) is 17.3 Å². The molecule has 4 rings (SSSR count). The zero-order valence-electron chi connectivity index (χ0n) is 21.2. The van der Waals surface area contributed by atoms with Crippen molar-refractivity contribution in [3.63, 3.8) is 0 Å². The van der Waals surface area contributed by atoms with Crippen molar-refractivity contribution < 1.29 is 9.53 Å². The fourth-order valence-electron chi connectivity index (χ4n) is 5.87. The molecule has 2 aliphatic carbocycles. The molecule has 2 saturated carbocycles. The van der Waals surface area contributed by atoms with E-state index in [4.69, 9.17) is 4.74 Å². The van der Waals surface area contributed by atoms with E-state index in [1.807, 2.05) is 20.8 Å². The van der Waals surface area contributed by atoms with Crippen LogP contribution in [0.3, 0.4) is 0 Å². The monoisotopic (exact) mass is 452 g/mol. The van der Waals surface area contributed by atoms with Gasteiger partial charge < -0.3 is 19.7 Å². The van der Waals surface area contributed by atoms with Crippen molar-refractivity contribution in [1.82, 2.24) is 10.2 Å². The lowest BCUT2D eigenvalue weighted by atomic mass is 9.60. The maximum Gasteiger partial charge on any atom is 0.126 e. The molecule has 4 heteroatoms. The highest BCUT2D eigenvalue weighted by Crippen LogP contribution is 2.51. The van der Waals surface area contributed by atoms with E-state index >= 15 is 0 Å². The normalized spacial score (nSPS) is 26.7. The van der Waals surface area contributed by atoms with Crippen molar-refractivity contribution in [3.05, 3.63) is 41.5 Å². The Kier molecular flexibility index (Phi) is 7.77. The smallest absolute Gasteiger partial charge is 0.126 e. The van der Waals surface area contributed by atoms with E-state index in [0.717, 1.165) is 38.3 Å². The highest BCUT2D eigenvalue weighted by Gasteiger charge is 2.49. The second kappa shape index (κ2) is 10.4. The van der Waals surface area contributed by atoms with Crippen LogP contribution in [0.1, 0.15) is 71.8 Å². The van der Waals surface area contributed by atoms with Gasteiger partial charge in [-0.25, -0.2) is 0 Å². The Morgan fingerprint density at radius 1 is 1.21 bits per heavy atom. The number of ether oxygens (including phenoxy) is 1. The molecular formula is C29H44N2O2. The molecule has 1 saturated heterocycles. The lowest BCUT2D eigenvalue weighted by molar-refractivity contribution is -0.116. The largest absolute Gasteiger partial charge is 0.375 e. The third-order valence-electron chi connectivity index (χ3n) is 7.97. The van der Waals surface area contributed by atoms with Gasteiger partial charge in [-0.05, 0) is 89.3 Å². The van der Waals surface area contributed by atoms with E-state index in [2.05, 4.69) is 53.5 Å². The van der Waals surface area contributed by atoms with E-state index in [1.165, 1.54) is 37.7 Å². The first-order chi connectivity index (χ1) is 15.8. The number of piperidine rings is 1. The maximum atomic E-state index is 11.5. The molecule has 3 atom stereocenters. The van der Waals surface area contributed by atoms with Crippen LogP contribution < -0.4 is 5.32 Å². The predicted molar refractivity (Wildman–Crippen MR) is 136 cm³/mol. The third kappa shape index (κ3) is 6.77. The van der Waals surface area contributed by atoms with Gasteiger partial charge in [0.2, 0.25) is 0 Å². The van der Waals surface area contributed by atoms with Crippen LogP contribution in [0.2, 0.25) is 0 Å². The molecule has 1 heterocycles. The molecule has 3 aliphatic rings. The lowest BCUT2D eigenvalue weighted by Gasteiger charge is -2.53. The van der Waals surface area contributed by atoms with Gasteiger partial charge >= 0.3 is 0 Å². The minimum absolute atomic E-state index is 0.0161. The van der Waals surface area contributed by atoms with Gasteiger partial charge in [-0.2, -0.15) is 0 Å². The third-order valence-corrected chi connectivity index (χ3v) is 7.97. The number of benzene rings is 1. The standard InChI is InChI=1S/C29H44N2O2/c1-5-24(15-22-9-7-6-8-10-22)26-16-27(26)30-25-17-29(18-25)11-13-31(14-12-29)19-23(20-32)21-33-28(2,3)4/h6-10,15,20,23,25-27,30H,5,11-14,16-19,21H2,1-4H3/b24-15+/t23?,26-,27+/m0/s1. The van der Waals surface area contributed by atoms with Gasteiger partial charge in [0.25, 0.3) is 0 Å². The van der Waals surface area contributed by atoms with Crippen LogP contribution in [0.5, 0.6) is 0 Å². The molecule has 1 aliphatic heterocycles. The summed E-state index contributed by atoms with van der Waals surface area (Å²) in [4.78, 5) is 14.0. The highest BCUT2D eigenvalue weighted by atomic mass is 16.5.